The number of hydrogen-bond acceptors (Lipinski definition) is 14. The first-order valence-corrected chi connectivity index (χ1v) is 26.8. The summed E-state index contributed by atoms with van der Waals surface area (Å²) in [6.07, 6.45) is 1.55. The molecule has 0 bridgehead atoms. The van der Waals surface area contributed by atoms with Crippen LogP contribution in [0.4, 0.5) is 4.79 Å². The average Bonchev–Trinajstić information content (AvgIpc) is 3.98. The van der Waals surface area contributed by atoms with Crippen molar-refractivity contribution >= 4 is 58.3 Å². The Labute approximate surface area is 459 Å². The number of phenolic OH excluding ortho intramolecular Hbond substituents is 1. The number of carbonyl (C=O) groups is 8. The van der Waals surface area contributed by atoms with Crippen LogP contribution >= 0.6 is 0 Å². The number of rotatable bonds is 19. The summed E-state index contributed by atoms with van der Waals surface area (Å²) in [5, 5.41) is 55.2. The van der Waals surface area contributed by atoms with Gasteiger partial charge in [0, 0.05) is 81.4 Å². The number of carbonyl (C=O) groups excluding carboxylic acids is 8. The molecule has 22 nitrogen and oxygen atoms in total. The van der Waals surface area contributed by atoms with Gasteiger partial charge in [0.15, 0.2) is 0 Å². The Morgan fingerprint density at radius 2 is 1.43 bits per heavy atom. The number of para-hydroxylation sites is 1. The van der Waals surface area contributed by atoms with Crippen LogP contribution in [-0.2, 0) is 57.6 Å². The summed E-state index contributed by atoms with van der Waals surface area (Å²) < 4.78 is 5.37. The van der Waals surface area contributed by atoms with Gasteiger partial charge < -0.3 is 61.8 Å². The third-order valence-corrected chi connectivity index (χ3v) is 13.7. The molecule has 1 saturated heterocycles. The Bertz CT molecular complexity index is 2740. The molecule has 0 aliphatic carbocycles. The summed E-state index contributed by atoms with van der Waals surface area (Å²) in [6.45, 7) is 7.00. The molecule has 11 N–H and O–H groups in total. The normalized spacial score (nSPS) is 22.4. The summed E-state index contributed by atoms with van der Waals surface area (Å²) in [7, 11) is 1.36. The predicted molar refractivity (Wildman–Crippen MR) is 294 cm³/mol. The van der Waals surface area contributed by atoms with E-state index >= 15 is 4.79 Å². The molecule has 3 aromatic carbocycles. The van der Waals surface area contributed by atoms with E-state index in [4.69, 9.17) is 4.74 Å². The largest absolute Gasteiger partial charge is 0.508 e. The predicted octanol–water partition coefficient (Wildman–Crippen LogP) is 1.72. The topological polar surface area (TPSA) is 313 Å². The van der Waals surface area contributed by atoms with Crippen molar-refractivity contribution in [3.8, 4) is 5.75 Å². The lowest BCUT2D eigenvalue weighted by Crippen LogP contribution is -2.63. The Kier molecular flexibility index (Phi) is 22.1. The molecule has 79 heavy (non-hydrogen) atoms. The number of aromatic nitrogens is 1. The number of hydrogen-bond donors (Lipinski definition) is 11. The zero-order valence-corrected chi connectivity index (χ0v) is 45.5. The zero-order valence-electron chi connectivity index (χ0n) is 45.5. The van der Waals surface area contributed by atoms with Gasteiger partial charge in [-0.15, -0.1) is 0 Å². The van der Waals surface area contributed by atoms with Crippen LogP contribution in [0.5, 0.6) is 5.75 Å². The van der Waals surface area contributed by atoms with Crippen molar-refractivity contribution in [3.05, 3.63) is 114 Å². The van der Waals surface area contributed by atoms with Gasteiger partial charge >= 0.3 is 6.09 Å². The third-order valence-electron chi connectivity index (χ3n) is 13.7. The molecule has 1 aromatic heterocycles. The Morgan fingerprint density at radius 1 is 0.759 bits per heavy atom. The highest BCUT2D eigenvalue weighted by Gasteiger charge is 2.38. The fourth-order valence-corrected chi connectivity index (χ4v) is 9.45. The number of likely N-dealkylation sites (N-methyl/N-ethyl adjacent to an activating group) is 1. The van der Waals surface area contributed by atoms with Gasteiger partial charge in [0.2, 0.25) is 29.5 Å². The molecule has 8 atom stereocenters. The van der Waals surface area contributed by atoms with Crippen molar-refractivity contribution in [1.82, 2.24) is 52.0 Å². The van der Waals surface area contributed by atoms with Crippen LogP contribution in [0.15, 0.2) is 97.2 Å². The smallest absolute Gasteiger partial charge is 0.407 e. The lowest BCUT2D eigenvalue weighted by Gasteiger charge is -2.35. The number of alkyl carbamates (subject to hydrolysis) is 1. The molecular formula is C57H76N10O12. The molecule has 0 saturated carbocycles. The van der Waals surface area contributed by atoms with Crippen molar-refractivity contribution in [3.63, 3.8) is 0 Å². The molecule has 3 heterocycles. The molecule has 2 aliphatic heterocycles. The number of nitrogens with one attached hydrogen (secondary N) is 8. The van der Waals surface area contributed by atoms with Gasteiger partial charge in [-0.3, -0.25) is 43.8 Å². The molecule has 4 aromatic rings. The highest BCUT2D eigenvalue weighted by molar-refractivity contribution is 6.12. The summed E-state index contributed by atoms with van der Waals surface area (Å²) in [5.74, 6) is -4.47. The number of nitrogens with zero attached hydrogens (tertiary/aromatic N) is 2. The standard InChI is InChI=1S/C57H76N10O12/c1-35(68)50-54(76)64-45(31-36-14-7-6-8-15-36)55(77)66(5)46(23-24-47(70)58-28-13-29-67-48(71)25-26-49(67)72)53(75)63-44(30-37-19-21-40(69)22-20-37)52(74)62-39(32-38-33-60-42-17-10-9-16-41(38)42)34-61-43(51(73)65-50)18-11-12-27-59-56(78)79-57(2,3)4/h6-10,14-17,19-22,25-26,33,35,39,43-46,50,52,60-62,68-69,74H,11-13,18,23-24,27-32,34H2,1-5H3,(H,58,70)(H,59,78)(H,63,75)(H,64,76)(H,65,73)/t35-,39-,43+,44+,45+,46+,50+,52?/m1/s1. The van der Waals surface area contributed by atoms with Crippen LogP contribution in [-0.4, -0.2) is 165 Å². The van der Waals surface area contributed by atoms with E-state index < -0.39 is 102 Å². The number of H-pyrrole nitrogens is 1. The van der Waals surface area contributed by atoms with Gasteiger partial charge in [-0.05, 0) is 108 Å². The fourth-order valence-electron chi connectivity index (χ4n) is 9.45. The molecular weight excluding hydrogens is 1020 g/mol. The monoisotopic (exact) mass is 1090 g/mol. The lowest BCUT2D eigenvalue weighted by atomic mass is 9.99. The van der Waals surface area contributed by atoms with E-state index in [-0.39, 0.29) is 76.9 Å². The van der Waals surface area contributed by atoms with E-state index in [1.165, 1.54) is 38.3 Å². The summed E-state index contributed by atoms with van der Waals surface area (Å²) in [4.78, 5) is 115. The molecule has 0 spiro atoms. The number of imide groups is 1. The van der Waals surface area contributed by atoms with Gasteiger partial charge in [0.1, 0.15) is 35.7 Å². The number of fused-ring (bicyclic) bond motifs is 1. The summed E-state index contributed by atoms with van der Waals surface area (Å²) in [5.41, 5.74) is 2.25. The zero-order chi connectivity index (χ0) is 57.2. The SMILES string of the molecule is C[C@@H](O)[C@@H]1NC(=O)[C@H](CCCCNC(=O)OC(C)(C)C)NC[C@@H](Cc2c[nH]c3ccccc23)NC(O)[C@H](Cc2ccc(O)cc2)NC(=O)[C@H](CCC(=O)NCCCN2C(=O)C=CC2=O)N(C)C(=O)[C@H](Cc2ccccc2)NC1=O. The van der Waals surface area contributed by atoms with E-state index in [0.717, 1.165) is 26.3 Å². The molecule has 6 rings (SSSR count). The Hall–Kier alpha value is -7.66. The van der Waals surface area contributed by atoms with E-state index in [9.17, 15) is 48.9 Å². The van der Waals surface area contributed by atoms with Crippen molar-refractivity contribution in [2.45, 2.75) is 140 Å². The van der Waals surface area contributed by atoms with Crippen LogP contribution in [0, 0.1) is 0 Å². The quantitative estimate of drug-likeness (QED) is 0.0471. The van der Waals surface area contributed by atoms with Gasteiger partial charge in [0.25, 0.3) is 11.8 Å². The number of aliphatic hydroxyl groups excluding tert-OH is 2. The number of benzene rings is 3. The van der Waals surface area contributed by atoms with Crippen LogP contribution < -0.4 is 37.2 Å². The number of aromatic amines is 1. The van der Waals surface area contributed by atoms with Crippen molar-refractivity contribution in [1.29, 1.82) is 0 Å². The Morgan fingerprint density at radius 3 is 2.13 bits per heavy atom. The number of aromatic hydroxyl groups is 1. The van der Waals surface area contributed by atoms with Gasteiger partial charge in [-0.1, -0.05) is 60.7 Å². The molecule has 22 heteroatoms. The van der Waals surface area contributed by atoms with Crippen LogP contribution in [0.3, 0.4) is 0 Å². The number of phenols is 1. The second-order valence-corrected chi connectivity index (χ2v) is 21.1. The first-order chi connectivity index (χ1) is 37.6. The first-order valence-electron chi connectivity index (χ1n) is 26.8. The Balaban J connectivity index is 1.35. The summed E-state index contributed by atoms with van der Waals surface area (Å²) >= 11 is 0. The van der Waals surface area contributed by atoms with Crippen LogP contribution in [0.25, 0.3) is 10.9 Å². The molecule has 1 fully saturated rings. The van der Waals surface area contributed by atoms with Crippen molar-refractivity contribution < 1.29 is 58.4 Å². The van der Waals surface area contributed by atoms with Crippen LogP contribution in [0.1, 0.15) is 82.9 Å². The number of amides is 8. The van der Waals surface area contributed by atoms with Gasteiger partial charge in [0.05, 0.1) is 18.2 Å². The van der Waals surface area contributed by atoms with Gasteiger partial charge in [-0.2, -0.15) is 0 Å². The first kappa shape index (κ1) is 60.6. The molecule has 1 unspecified atom stereocenters. The lowest BCUT2D eigenvalue weighted by molar-refractivity contribution is -0.143. The second kappa shape index (κ2) is 28.8. The minimum absolute atomic E-state index is 0.00557. The number of unbranched alkanes of at least 4 members (excludes halogenated alkanes) is 1. The minimum Gasteiger partial charge on any atom is -0.508 e. The molecule has 8 amide bonds. The van der Waals surface area contributed by atoms with Crippen molar-refractivity contribution in [2.75, 3.05) is 33.2 Å². The van der Waals surface area contributed by atoms with Crippen molar-refractivity contribution in [2.24, 2.45) is 0 Å². The maximum absolute atomic E-state index is 15.0. The highest BCUT2D eigenvalue weighted by atomic mass is 16.6. The highest BCUT2D eigenvalue weighted by Crippen LogP contribution is 2.21. The number of aliphatic hydroxyl groups is 2. The second-order valence-electron chi connectivity index (χ2n) is 21.1. The van der Waals surface area contributed by atoms with E-state index in [1.807, 2.05) is 30.5 Å². The fraction of sp³-hybridized carbons (Fsp3) is 0.474. The maximum Gasteiger partial charge on any atom is 0.407 e. The minimum atomic E-state index is -1.58. The van der Waals surface area contributed by atoms with E-state index in [2.05, 4.69) is 42.2 Å². The molecule has 0 radical (unpaired) electrons. The van der Waals surface area contributed by atoms with E-state index in [0.29, 0.717) is 24.0 Å². The third kappa shape index (κ3) is 18.5. The number of ether oxygens (including phenoxy) is 1. The van der Waals surface area contributed by atoms with E-state index in [1.54, 1.807) is 63.2 Å². The van der Waals surface area contributed by atoms with Gasteiger partial charge in [-0.25, -0.2) is 4.79 Å². The van der Waals surface area contributed by atoms with Crippen LogP contribution in [0.2, 0.25) is 0 Å². The molecule has 2 aliphatic rings. The maximum atomic E-state index is 15.0. The molecule has 426 valence electrons. The summed E-state index contributed by atoms with van der Waals surface area (Å²) in [6, 6.07) is 15.4. The average molecular weight is 1090 g/mol.